The van der Waals surface area contributed by atoms with E-state index in [0.29, 0.717) is 55.6 Å². The minimum absolute atomic E-state index is 0.0466. The summed E-state index contributed by atoms with van der Waals surface area (Å²) < 4.78 is 0. The number of fused-ring (bicyclic) bond motifs is 1. The molecule has 4 rings (SSSR count). The van der Waals surface area contributed by atoms with Gasteiger partial charge < -0.3 is 10.0 Å². The fraction of sp³-hybridized carbons (Fsp3) is 0.350. The highest BCUT2D eigenvalue weighted by molar-refractivity contribution is 6.05. The summed E-state index contributed by atoms with van der Waals surface area (Å²) >= 11 is 0. The number of aromatic nitrogens is 1. The molecule has 1 saturated heterocycles. The van der Waals surface area contributed by atoms with Crippen LogP contribution in [0.1, 0.15) is 51.2 Å². The van der Waals surface area contributed by atoms with Crippen LogP contribution in [0.5, 0.6) is 0 Å². The second-order valence-electron chi connectivity index (χ2n) is 6.79. The maximum absolute atomic E-state index is 12.9. The van der Waals surface area contributed by atoms with Crippen LogP contribution in [0.4, 0.5) is 0 Å². The number of rotatable bonds is 2. The van der Waals surface area contributed by atoms with Crippen LogP contribution in [-0.2, 0) is 12.0 Å². The van der Waals surface area contributed by atoms with E-state index in [1.807, 2.05) is 18.2 Å². The molecule has 1 aromatic carbocycles. The van der Waals surface area contributed by atoms with Crippen molar-refractivity contribution in [3.8, 4) is 0 Å². The zero-order valence-electron chi connectivity index (χ0n) is 13.9. The first-order valence-corrected chi connectivity index (χ1v) is 8.67. The van der Waals surface area contributed by atoms with Crippen molar-refractivity contribution in [3.63, 3.8) is 0 Å². The Morgan fingerprint density at radius 2 is 1.88 bits per heavy atom. The van der Waals surface area contributed by atoms with Gasteiger partial charge in [0.05, 0.1) is 5.69 Å². The van der Waals surface area contributed by atoms with E-state index >= 15 is 0 Å². The molecule has 1 aliphatic heterocycles. The normalized spacial score (nSPS) is 18.9. The van der Waals surface area contributed by atoms with Gasteiger partial charge in [0.25, 0.3) is 5.91 Å². The Morgan fingerprint density at radius 1 is 1.08 bits per heavy atom. The molecule has 0 bridgehead atoms. The molecule has 1 amide bonds. The van der Waals surface area contributed by atoms with E-state index in [4.69, 9.17) is 0 Å². The standard InChI is InChI=1S/C20H20N2O3/c23-17-8-7-14-15(17)4-3-5-16(14)19(24)22-12-9-20(25,10-13-22)18-6-1-2-11-21-18/h1-6,11,25H,7-10,12-13H2. The molecule has 25 heavy (non-hydrogen) atoms. The summed E-state index contributed by atoms with van der Waals surface area (Å²) in [6, 6.07) is 10.9. The van der Waals surface area contributed by atoms with Crippen LogP contribution in [0.3, 0.4) is 0 Å². The zero-order chi connectivity index (χ0) is 17.4. The molecule has 2 aliphatic rings. The Bertz CT molecular complexity index is 824. The predicted octanol–water partition coefficient (Wildman–Crippen LogP) is 2.33. The number of carbonyl (C=O) groups excluding carboxylic acids is 2. The Kier molecular flexibility index (Phi) is 3.88. The third kappa shape index (κ3) is 2.74. The molecule has 1 aromatic heterocycles. The minimum Gasteiger partial charge on any atom is -0.383 e. The number of nitrogens with zero attached hydrogens (tertiary/aromatic N) is 2. The van der Waals surface area contributed by atoms with Crippen molar-refractivity contribution in [2.75, 3.05) is 13.1 Å². The largest absolute Gasteiger partial charge is 0.383 e. The Morgan fingerprint density at radius 3 is 2.60 bits per heavy atom. The van der Waals surface area contributed by atoms with Crippen molar-refractivity contribution < 1.29 is 14.7 Å². The summed E-state index contributed by atoms with van der Waals surface area (Å²) in [5, 5.41) is 10.9. The van der Waals surface area contributed by atoms with Gasteiger partial charge in [0, 0.05) is 36.8 Å². The van der Waals surface area contributed by atoms with Gasteiger partial charge in [-0.2, -0.15) is 0 Å². The number of ketones is 1. The summed E-state index contributed by atoms with van der Waals surface area (Å²) in [5.74, 6) is 0.0717. The molecule has 5 heteroatoms. The van der Waals surface area contributed by atoms with Gasteiger partial charge >= 0.3 is 0 Å². The molecule has 0 unspecified atom stereocenters. The maximum Gasteiger partial charge on any atom is 0.254 e. The third-order valence-corrected chi connectivity index (χ3v) is 5.33. The number of likely N-dealkylation sites (tertiary alicyclic amines) is 1. The van der Waals surface area contributed by atoms with Gasteiger partial charge in [-0.25, -0.2) is 0 Å². The van der Waals surface area contributed by atoms with Crippen LogP contribution in [0.25, 0.3) is 0 Å². The topological polar surface area (TPSA) is 70.5 Å². The van der Waals surface area contributed by atoms with Crippen LogP contribution < -0.4 is 0 Å². The number of hydrogen-bond donors (Lipinski definition) is 1. The van der Waals surface area contributed by atoms with E-state index in [9.17, 15) is 14.7 Å². The van der Waals surface area contributed by atoms with Gasteiger partial charge in [0.2, 0.25) is 0 Å². The van der Waals surface area contributed by atoms with Gasteiger partial charge in [0.15, 0.2) is 5.78 Å². The number of carbonyl (C=O) groups is 2. The number of pyridine rings is 1. The zero-order valence-corrected chi connectivity index (χ0v) is 13.9. The second-order valence-corrected chi connectivity index (χ2v) is 6.79. The fourth-order valence-electron chi connectivity index (χ4n) is 3.84. The van der Waals surface area contributed by atoms with E-state index in [0.717, 1.165) is 5.56 Å². The summed E-state index contributed by atoms with van der Waals surface area (Å²) in [5.41, 5.74) is 1.88. The van der Waals surface area contributed by atoms with E-state index in [-0.39, 0.29) is 11.7 Å². The molecule has 0 spiro atoms. The van der Waals surface area contributed by atoms with Gasteiger partial charge in [-0.3, -0.25) is 14.6 Å². The molecule has 2 aromatic rings. The fourth-order valence-corrected chi connectivity index (χ4v) is 3.84. The van der Waals surface area contributed by atoms with E-state index in [2.05, 4.69) is 4.98 Å². The molecule has 1 aliphatic carbocycles. The first kappa shape index (κ1) is 16.0. The second kappa shape index (κ2) is 6.08. The number of aliphatic hydroxyl groups is 1. The Hall–Kier alpha value is -2.53. The number of piperidine rings is 1. The highest BCUT2D eigenvalue weighted by atomic mass is 16.3. The average Bonchev–Trinajstić information content (AvgIpc) is 3.04. The average molecular weight is 336 g/mol. The highest BCUT2D eigenvalue weighted by Crippen LogP contribution is 2.33. The molecule has 0 radical (unpaired) electrons. The van der Waals surface area contributed by atoms with Gasteiger partial charge in [-0.1, -0.05) is 18.2 Å². The molecule has 5 nitrogen and oxygen atoms in total. The lowest BCUT2D eigenvalue weighted by Gasteiger charge is -2.38. The van der Waals surface area contributed by atoms with Gasteiger partial charge in [0.1, 0.15) is 5.60 Å². The first-order chi connectivity index (χ1) is 12.1. The molecule has 1 fully saturated rings. The van der Waals surface area contributed by atoms with Crippen molar-refractivity contribution in [1.29, 1.82) is 0 Å². The van der Waals surface area contributed by atoms with Crippen molar-refractivity contribution in [3.05, 3.63) is 65.0 Å². The van der Waals surface area contributed by atoms with Crippen LogP contribution >= 0.6 is 0 Å². The molecular weight excluding hydrogens is 316 g/mol. The third-order valence-electron chi connectivity index (χ3n) is 5.33. The maximum atomic E-state index is 12.9. The lowest BCUT2D eigenvalue weighted by atomic mass is 9.87. The van der Waals surface area contributed by atoms with Gasteiger partial charge in [-0.05, 0) is 43.0 Å². The van der Waals surface area contributed by atoms with Crippen LogP contribution in [0.2, 0.25) is 0 Å². The molecular formula is C20H20N2O3. The summed E-state index contributed by atoms with van der Waals surface area (Å²) in [6.45, 7) is 0.951. The summed E-state index contributed by atoms with van der Waals surface area (Å²) in [6.07, 6.45) is 3.73. The molecule has 128 valence electrons. The molecule has 1 N–H and O–H groups in total. The van der Waals surface area contributed by atoms with E-state index < -0.39 is 5.60 Å². The number of Topliss-reactive ketones (excluding diaryl/α,β-unsaturated/α-hetero) is 1. The molecule has 2 heterocycles. The van der Waals surface area contributed by atoms with Gasteiger partial charge in [-0.15, -0.1) is 0 Å². The quantitative estimate of drug-likeness (QED) is 0.914. The van der Waals surface area contributed by atoms with E-state index in [1.54, 1.807) is 29.3 Å². The van der Waals surface area contributed by atoms with Crippen molar-refractivity contribution >= 4 is 11.7 Å². The first-order valence-electron chi connectivity index (χ1n) is 8.67. The minimum atomic E-state index is -0.980. The van der Waals surface area contributed by atoms with Crippen LogP contribution in [-0.4, -0.2) is 39.8 Å². The number of benzene rings is 1. The van der Waals surface area contributed by atoms with Crippen LogP contribution in [0.15, 0.2) is 42.6 Å². The van der Waals surface area contributed by atoms with Crippen LogP contribution in [0, 0.1) is 0 Å². The lowest BCUT2D eigenvalue weighted by molar-refractivity contribution is -0.0244. The van der Waals surface area contributed by atoms with Crippen molar-refractivity contribution in [2.24, 2.45) is 0 Å². The van der Waals surface area contributed by atoms with E-state index in [1.165, 1.54) is 0 Å². The molecule has 0 atom stereocenters. The predicted molar refractivity (Wildman–Crippen MR) is 92.4 cm³/mol. The smallest absolute Gasteiger partial charge is 0.254 e. The lowest BCUT2D eigenvalue weighted by Crippen LogP contribution is -2.45. The summed E-state index contributed by atoms with van der Waals surface area (Å²) in [4.78, 5) is 30.9. The summed E-state index contributed by atoms with van der Waals surface area (Å²) in [7, 11) is 0. The SMILES string of the molecule is O=C1CCc2c1cccc2C(=O)N1CCC(O)(c2ccccn2)CC1. The highest BCUT2D eigenvalue weighted by Gasteiger charge is 2.37. The Labute approximate surface area is 146 Å². The monoisotopic (exact) mass is 336 g/mol. The molecule has 0 saturated carbocycles. The Balaban J connectivity index is 1.52. The van der Waals surface area contributed by atoms with Crippen molar-refractivity contribution in [2.45, 2.75) is 31.3 Å². The number of hydrogen-bond acceptors (Lipinski definition) is 4. The van der Waals surface area contributed by atoms with Crippen molar-refractivity contribution in [1.82, 2.24) is 9.88 Å². The number of amides is 1.